The summed E-state index contributed by atoms with van der Waals surface area (Å²) in [4.78, 5) is 38.1. The largest absolute Gasteiger partial charge is 0.462 e. The van der Waals surface area contributed by atoms with Gasteiger partial charge in [0.05, 0.1) is 0 Å². The standard InChI is InChI=1S/C62H120O6/c1-4-7-10-13-16-19-21-23-25-27-28-29-30-31-32-33-34-35-37-38-40-43-46-49-52-55-61(64)67-58-59(57-66-60(63)54-51-48-45-42-18-15-12-9-6-3)68-62(65)56-53-50-47-44-41-39-36-26-24-22-20-17-14-11-8-5-2/h59H,4-58H2,1-3H3. The zero-order valence-electron chi connectivity index (χ0n) is 46.4. The Morgan fingerprint density at radius 1 is 0.235 bits per heavy atom. The molecule has 0 aliphatic carbocycles. The van der Waals surface area contributed by atoms with Crippen molar-refractivity contribution in [2.75, 3.05) is 13.2 Å². The predicted molar refractivity (Wildman–Crippen MR) is 294 cm³/mol. The van der Waals surface area contributed by atoms with E-state index in [0.29, 0.717) is 19.3 Å². The van der Waals surface area contributed by atoms with Crippen molar-refractivity contribution < 1.29 is 28.6 Å². The molecule has 0 aliphatic heterocycles. The number of ether oxygens (including phenoxy) is 3. The van der Waals surface area contributed by atoms with Crippen molar-refractivity contribution in [3.05, 3.63) is 0 Å². The summed E-state index contributed by atoms with van der Waals surface area (Å²) < 4.78 is 16.9. The van der Waals surface area contributed by atoms with Gasteiger partial charge < -0.3 is 14.2 Å². The van der Waals surface area contributed by atoms with Crippen LogP contribution in [0.4, 0.5) is 0 Å². The first-order chi connectivity index (χ1) is 33.5. The van der Waals surface area contributed by atoms with Crippen LogP contribution in [0.15, 0.2) is 0 Å². The van der Waals surface area contributed by atoms with Gasteiger partial charge in [0.15, 0.2) is 6.10 Å². The van der Waals surface area contributed by atoms with E-state index in [1.807, 2.05) is 0 Å². The zero-order valence-corrected chi connectivity index (χ0v) is 46.4. The number of unbranched alkanes of at least 4 members (excludes halogenated alkanes) is 47. The van der Waals surface area contributed by atoms with Crippen molar-refractivity contribution in [3.8, 4) is 0 Å². The van der Waals surface area contributed by atoms with Gasteiger partial charge in [0.25, 0.3) is 0 Å². The van der Waals surface area contributed by atoms with Crippen molar-refractivity contribution in [2.24, 2.45) is 0 Å². The molecule has 0 N–H and O–H groups in total. The SMILES string of the molecule is CCCCCCCCCCCCCCCCCCCCCCCCCCCC(=O)OCC(COC(=O)CCCCCCCCCCC)OC(=O)CCCCCCCCCCCCCCCCCC. The highest BCUT2D eigenvalue weighted by Gasteiger charge is 2.19. The predicted octanol–water partition coefficient (Wildman–Crippen LogP) is 20.7. The van der Waals surface area contributed by atoms with Crippen molar-refractivity contribution in [1.82, 2.24) is 0 Å². The van der Waals surface area contributed by atoms with Crippen LogP contribution in [-0.4, -0.2) is 37.2 Å². The van der Waals surface area contributed by atoms with E-state index in [1.54, 1.807) is 0 Å². The molecular weight excluding hydrogens is 841 g/mol. The minimum Gasteiger partial charge on any atom is -0.462 e. The molecule has 0 saturated carbocycles. The van der Waals surface area contributed by atoms with Gasteiger partial charge in [-0.2, -0.15) is 0 Å². The lowest BCUT2D eigenvalue weighted by atomic mass is 10.0. The van der Waals surface area contributed by atoms with Crippen LogP contribution in [0.2, 0.25) is 0 Å². The fourth-order valence-electron chi connectivity index (χ4n) is 9.68. The summed E-state index contributed by atoms with van der Waals surface area (Å²) in [5.74, 6) is -0.834. The molecule has 0 aromatic heterocycles. The summed E-state index contributed by atoms with van der Waals surface area (Å²) in [5.41, 5.74) is 0. The van der Waals surface area contributed by atoms with E-state index in [1.165, 1.54) is 263 Å². The average molecular weight is 962 g/mol. The summed E-state index contributed by atoms with van der Waals surface area (Å²) >= 11 is 0. The molecule has 1 atom stereocenters. The molecule has 0 rings (SSSR count). The van der Waals surface area contributed by atoms with Crippen LogP contribution in [0.5, 0.6) is 0 Å². The average Bonchev–Trinajstić information content (AvgIpc) is 3.34. The number of hydrogen-bond donors (Lipinski definition) is 0. The maximum Gasteiger partial charge on any atom is 0.306 e. The van der Waals surface area contributed by atoms with Crippen LogP contribution in [0.3, 0.4) is 0 Å². The topological polar surface area (TPSA) is 78.9 Å². The minimum atomic E-state index is -0.761. The van der Waals surface area contributed by atoms with Crippen LogP contribution < -0.4 is 0 Å². The van der Waals surface area contributed by atoms with Gasteiger partial charge in [0.1, 0.15) is 13.2 Å². The number of carbonyl (C=O) groups is 3. The summed E-state index contributed by atoms with van der Waals surface area (Å²) in [7, 11) is 0. The molecule has 0 aromatic carbocycles. The van der Waals surface area contributed by atoms with Crippen molar-refractivity contribution in [1.29, 1.82) is 0 Å². The second-order valence-electron chi connectivity index (χ2n) is 21.3. The molecule has 404 valence electrons. The Hall–Kier alpha value is -1.59. The van der Waals surface area contributed by atoms with E-state index in [0.717, 1.165) is 57.8 Å². The van der Waals surface area contributed by atoms with Crippen LogP contribution in [0, 0.1) is 0 Å². The monoisotopic (exact) mass is 961 g/mol. The second kappa shape index (κ2) is 58.0. The van der Waals surface area contributed by atoms with Gasteiger partial charge in [0, 0.05) is 19.3 Å². The zero-order chi connectivity index (χ0) is 49.3. The highest BCUT2D eigenvalue weighted by molar-refractivity contribution is 5.71. The molecule has 0 aliphatic rings. The van der Waals surface area contributed by atoms with E-state index in [-0.39, 0.29) is 31.1 Å². The van der Waals surface area contributed by atoms with Gasteiger partial charge in [-0.3, -0.25) is 14.4 Å². The molecule has 0 spiro atoms. The van der Waals surface area contributed by atoms with Gasteiger partial charge in [-0.1, -0.05) is 323 Å². The minimum absolute atomic E-state index is 0.0612. The lowest BCUT2D eigenvalue weighted by molar-refractivity contribution is -0.167. The smallest absolute Gasteiger partial charge is 0.306 e. The molecule has 0 radical (unpaired) electrons. The highest BCUT2D eigenvalue weighted by atomic mass is 16.6. The second-order valence-corrected chi connectivity index (χ2v) is 21.3. The Bertz CT molecular complexity index is 1010. The summed E-state index contributed by atoms with van der Waals surface area (Å²) in [5, 5.41) is 0. The van der Waals surface area contributed by atoms with Crippen molar-refractivity contribution in [3.63, 3.8) is 0 Å². The van der Waals surface area contributed by atoms with Crippen LogP contribution in [0.25, 0.3) is 0 Å². The lowest BCUT2D eigenvalue weighted by Crippen LogP contribution is -2.30. The molecule has 6 heteroatoms. The van der Waals surface area contributed by atoms with Gasteiger partial charge in [-0.05, 0) is 19.3 Å². The molecule has 0 heterocycles. The highest BCUT2D eigenvalue weighted by Crippen LogP contribution is 2.18. The summed E-state index contributed by atoms with van der Waals surface area (Å²) in [6.45, 7) is 6.70. The Labute approximate surface area is 425 Å². The number of carbonyl (C=O) groups excluding carboxylic acids is 3. The van der Waals surface area contributed by atoms with E-state index < -0.39 is 6.10 Å². The van der Waals surface area contributed by atoms with Gasteiger partial charge in [-0.15, -0.1) is 0 Å². The van der Waals surface area contributed by atoms with Gasteiger partial charge >= 0.3 is 17.9 Å². The van der Waals surface area contributed by atoms with Crippen molar-refractivity contribution in [2.45, 2.75) is 367 Å². The molecule has 0 amide bonds. The fourth-order valence-corrected chi connectivity index (χ4v) is 9.68. The van der Waals surface area contributed by atoms with Crippen LogP contribution in [-0.2, 0) is 28.6 Å². The van der Waals surface area contributed by atoms with Crippen LogP contribution in [0.1, 0.15) is 361 Å². The summed E-state index contributed by atoms with van der Waals surface area (Å²) in [6.07, 6.45) is 65.5. The third-order valence-corrected chi connectivity index (χ3v) is 14.4. The fraction of sp³-hybridized carbons (Fsp3) is 0.952. The van der Waals surface area contributed by atoms with Crippen LogP contribution >= 0.6 is 0 Å². The van der Waals surface area contributed by atoms with E-state index in [2.05, 4.69) is 20.8 Å². The third kappa shape index (κ3) is 55.3. The van der Waals surface area contributed by atoms with E-state index >= 15 is 0 Å². The van der Waals surface area contributed by atoms with Gasteiger partial charge in [0.2, 0.25) is 0 Å². The lowest BCUT2D eigenvalue weighted by Gasteiger charge is -2.18. The first kappa shape index (κ1) is 66.4. The number of rotatable bonds is 58. The van der Waals surface area contributed by atoms with E-state index in [4.69, 9.17) is 14.2 Å². The first-order valence-corrected chi connectivity index (χ1v) is 31.0. The Morgan fingerprint density at radius 3 is 0.588 bits per heavy atom. The number of hydrogen-bond acceptors (Lipinski definition) is 6. The first-order valence-electron chi connectivity index (χ1n) is 31.0. The molecule has 0 fully saturated rings. The normalized spacial score (nSPS) is 11.9. The maximum atomic E-state index is 12.8. The molecule has 0 saturated heterocycles. The molecule has 1 unspecified atom stereocenters. The quantitative estimate of drug-likeness (QED) is 0.0343. The summed E-state index contributed by atoms with van der Waals surface area (Å²) in [6, 6.07) is 0. The number of esters is 3. The van der Waals surface area contributed by atoms with Crippen molar-refractivity contribution >= 4 is 17.9 Å². The van der Waals surface area contributed by atoms with Gasteiger partial charge in [-0.25, -0.2) is 0 Å². The Kier molecular flexibility index (Phi) is 56.6. The molecule has 68 heavy (non-hydrogen) atoms. The third-order valence-electron chi connectivity index (χ3n) is 14.4. The molecule has 0 aromatic rings. The molecule has 6 nitrogen and oxygen atoms in total. The molecule has 0 bridgehead atoms. The maximum absolute atomic E-state index is 12.8. The molecular formula is C62H120O6. The Balaban J connectivity index is 4.10. The van der Waals surface area contributed by atoms with E-state index in [9.17, 15) is 14.4 Å². The Morgan fingerprint density at radius 2 is 0.397 bits per heavy atom.